The molecule has 0 heterocycles. The topological polar surface area (TPSA) is 252 Å². The Balaban J connectivity index is 0. The highest BCUT2D eigenvalue weighted by Gasteiger charge is 2.28. The molecule has 0 rings (SSSR count). The lowest BCUT2D eigenvalue weighted by Gasteiger charge is -2.29. The Morgan fingerprint density at radius 3 is 2.03 bits per heavy atom. The first-order valence-electron chi connectivity index (χ1n) is 9.54. The molecule has 0 saturated carbocycles. The number of rotatable bonds is 14. The van der Waals surface area contributed by atoms with Gasteiger partial charge in [-0.25, -0.2) is 4.79 Å². The van der Waals surface area contributed by atoms with Crippen molar-refractivity contribution in [3.8, 4) is 0 Å². The van der Waals surface area contributed by atoms with E-state index in [-0.39, 0.29) is 24.8 Å². The van der Waals surface area contributed by atoms with E-state index in [9.17, 15) is 24.3 Å². The van der Waals surface area contributed by atoms with Crippen LogP contribution in [0.15, 0.2) is 0 Å². The average Bonchev–Trinajstić information content (AvgIpc) is 2.65. The van der Waals surface area contributed by atoms with Crippen molar-refractivity contribution < 1.29 is 29.4 Å². The van der Waals surface area contributed by atoms with Crippen LogP contribution in [-0.2, 0) is 19.2 Å². The largest absolute Gasteiger partial charge is 0.480 e. The van der Waals surface area contributed by atoms with Crippen LogP contribution < -0.4 is 28.3 Å². The molecule has 2 atom stereocenters. The predicted octanol–water partition coefficient (Wildman–Crippen LogP) is -2.05. The second kappa shape index (κ2) is 17.0. The highest BCUT2D eigenvalue weighted by Crippen LogP contribution is 2.10. The number of hydrogen-bond donors (Lipinski definition) is 8. The third kappa shape index (κ3) is 15.0. The standard InChI is InChI=1S/C13H27N5O3.C4H8N2O3/c1-2-3-4-8-18(11(19)9-14)10(12(20)21)6-5-7-17-13(15)16;5-2(4(8)9)1-3(6)7/h10H,2-9,14H2,1H3,(H,20,21)(H4,15,16,17);2H,1,5H2,(H2,6,7)(H,8,9). The molecule has 13 heteroatoms. The number of nitrogens with two attached hydrogens (primary N) is 4. The van der Waals surface area contributed by atoms with Crippen LogP contribution in [0, 0.1) is 5.41 Å². The summed E-state index contributed by atoms with van der Waals surface area (Å²) < 4.78 is 0. The van der Waals surface area contributed by atoms with Gasteiger partial charge >= 0.3 is 11.9 Å². The molecule has 0 aliphatic carbocycles. The average molecular weight is 434 g/mol. The molecule has 0 spiro atoms. The predicted molar refractivity (Wildman–Crippen MR) is 110 cm³/mol. The second-order valence-corrected chi connectivity index (χ2v) is 6.45. The fraction of sp³-hybridized carbons (Fsp3) is 0.706. The van der Waals surface area contributed by atoms with E-state index in [0.717, 1.165) is 19.3 Å². The number of carboxylic acids is 2. The fourth-order valence-electron chi connectivity index (χ4n) is 2.34. The third-order valence-electron chi connectivity index (χ3n) is 3.87. The van der Waals surface area contributed by atoms with Crippen molar-refractivity contribution in [3.05, 3.63) is 0 Å². The first kappa shape index (κ1) is 29.3. The minimum absolute atomic E-state index is 0.153. The molecule has 0 radical (unpaired) electrons. The lowest BCUT2D eigenvalue weighted by atomic mass is 10.1. The van der Waals surface area contributed by atoms with Gasteiger partial charge in [-0.3, -0.25) is 19.8 Å². The minimum atomic E-state index is -1.21. The summed E-state index contributed by atoms with van der Waals surface area (Å²) in [7, 11) is 0. The molecule has 0 bridgehead atoms. The Hall–Kier alpha value is -2.93. The molecular formula is C17H35N7O6. The van der Waals surface area contributed by atoms with E-state index in [0.29, 0.717) is 25.9 Å². The van der Waals surface area contributed by atoms with Gasteiger partial charge in [0, 0.05) is 13.1 Å². The number of carbonyl (C=O) groups is 4. The van der Waals surface area contributed by atoms with Crippen LogP contribution >= 0.6 is 0 Å². The summed E-state index contributed by atoms with van der Waals surface area (Å²) in [6.07, 6.45) is 3.18. The SMILES string of the molecule is CCCCCN(C(=O)CN)C(CCCNC(=N)N)C(=O)O.NC(=O)CC(N)C(=O)O. The number of amides is 2. The van der Waals surface area contributed by atoms with Crippen LogP contribution in [0.5, 0.6) is 0 Å². The molecule has 30 heavy (non-hydrogen) atoms. The number of nitrogens with zero attached hydrogens (tertiary/aromatic N) is 1. The summed E-state index contributed by atoms with van der Waals surface area (Å²) in [5.41, 5.74) is 20.1. The van der Waals surface area contributed by atoms with E-state index in [1.165, 1.54) is 4.90 Å². The van der Waals surface area contributed by atoms with Gasteiger partial charge < -0.3 is 43.4 Å². The molecule has 13 nitrogen and oxygen atoms in total. The van der Waals surface area contributed by atoms with E-state index >= 15 is 0 Å². The molecule has 12 N–H and O–H groups in total. The van der Waals surface area contributed by atoms with Crippen LogP contribution in [0.1, 0.15) is 45.4 Å². The summed E-state index contributed by atoms with van der Waals surface area (Å²) in [6.45, 7) is 2.65. The Kier molecular flexibility index (Phi) is 16.6. The van der Waals surface area contributed by atoms with E-state index in [1.807, 2.05) is 6.92 Å². The second-order valence-electron chi connectivity index (χ2n) is 6.45. The van der Waals surface area contributed by atoms with Crippen LogP contribution in [0.4, 0.5) is 0 Å². The van der Waals surface area contributed by atoms with Crippen LogP contribution in [0.25, 0.3) is 0 Å². The summed E-state index contributed by atoms with van der Waals surface area (Å²) >= 11 is 0. The van der Waals surface area contributed by atoms with E-state index in [2.05, 4.69) is 11.1 Å². The van der Waals surface area contributed by atoms with Gasteiger partial charge in [-0.2, -0.15) is 0 Å². The van der Waals surface area contributed by atoms with Crippen molar-refractivity contribution in [1.82, 2.24) is 10.2 Å². The van der Waals surface area contributed by atoms with E-state index in [1.54, 1.807) is 0 Å². The molecule has 2 unspecified atom stereocenters. The Labute approximate surface area is 175 Å². The van der Waals surface area contributed by atoms with E-state index in [4.69, 9.17) is 27.7 Å². The molecule has 0 saturated heterocycles. The molecule has 174 valence electrons. The molecule has 0 aromatic heterocycles. The van der Waals surface area contributed by atoms with Crippen molar-refractivity contribution in [2.45, 2.75) is 57.5 Å². The van der Waals surface area contributed by atoms with Gasteiger partial charge in [0.25, 0.3) is 0 Å². The summed E-state index contributed by atoms with van der Waals surface area (Å²) in [6, 6.07) is -2.05. The molecule has 2 amide bonds. The molecule has 0 aromatic rings. The normalized spacial score (nSPS) is 12.0. The summed E-state index contributed by atoms with van der Waals surface area (Å²) in [4.78, 5) is 44.5. The Morgan fingerprint density at radius 1 is 1.07 bits per heavy atom. The zero-order chi connectivity index (χ0) is 23.7. The van der Waals surface area contributed by atoms with Gasteiger partial charge in [0.15, 0.2) is 5.96 Å². The number of guanidine groups is 1. The first-order valence-corrected chi connectivity index (χ1v) is 9.54. The van der Waals surface area contributed by atoms with Crippen molar-refractivity contribution in [2.75, 3.05) is 19.6 Å². The molecule has 0 aliphatic rings. The van der Waals surface area contributed by atoms with Gasteiger partial charge in [-0.1, -0.05) is 19.8 Å². The number of carboxylic acid groups (broad SMARTS) is 2. The van der Waals surface area contributed by atoms with Crippen LogP contribution in [-0.4, -0.2) is 76.5 Å². The zero-order valence-corrected chi connectivity index (χ0v) is 17.3. The number of aliphatic carboxylic acids is 2. The lowest BCUT2D eigenvalue weighted by Crippen LogP contribution is -2.48. The number of hydrogen-bond acceptors (Lipinski definition) is 7. The number of unbranched alkanes of at least 4 members (excludes halogenated alkanes) is 2. The van der Waals surface area contributed by atoms with Crippen molar-refractivity contribution in [2.24, 2.45) is 22.9 Å². The number of primary amides is 1. The van der Waals surface area contributed by atoms with Crippen LogP contribution in [0.2, 0.25) is 0 Å². The highest BCUT2D eigenvalue weighted by molar-refractivity contribution is 5.84. The molecule has 0 aromatic carbocycles. The number of carbonyl (C=O) groups excluding carboxylic acids is 2. The number of nitrogens with one attached hydrogen (secondary N) is 2. The first-order chi connectivity index (χ1) is 14.0. The molecule has 0 aliphatic heterocycles. The lowest BCUT2D eigenvalue weighted by molar-refractivity contribution is -0.150. The molecular weight excluding hydrogens is 398 g/mol. The maximum Gasteiger partial charge on any atom is 0.326 e. The van der Waals surface area contributed by atoms with Crippen molar-refractivity contribution >= 4 is 29.7 Å². The van der Waals surface area contributed by atoms with Gasteiger partial charge in [-0.15, -0.1) is 0 Å². The summed E-state index contributed by atoms with van der Waals surface area (Å²) in [5.74, 6) is -3.45. The minimum Gasteiger partial charge on any atom is -0.480 e. The fourth-order valence-corrected chi connectivity index (χ4v) is 2.34. The van der Waals surface area contributed by atoms with Gasteiger partial charge in [0.1, 0.15) is 12.1 Å². The van der Waals surface area contributed by atoms with Gasteiger partial charge in [-0.05, 0) is 19.3 Å². The Bertz CT molecular complexity index is 573. The quantitative estimate of drug-likeness (QED) is 0.0845. The smallest absolute Gasteiger partial charge is 0.326 e. The highest BCUT2D eigenvalue weighted by atomic mass is 16.4. The maximum absolute atomic E-state index is 11.9. The van der Waals surface area contributed by atoms with Crippen LogP contribution in [0.3, 0.4) is 0 Å². The zero-order valence-electron chi connectivity index (χ0n) is 17.3. The summed E-state index contributed by atoms with van der Waals surface area (Å²) in [5, 5.41) is 27.1. The maximum atomic E-state index is 11.9. The third-order valence-corrected chi connectivity index (χ3v) is 3.87. The monoisotopic (exact) mass is 433 g/mol. The van der Waals surface area contributed by atoms with Crippen molar-refractivity contribution in [1.29, 1.82) is 5.41 Å². The van der Waals surface area contributed by atoms with Gasteiger partial charge in [0.2, 0.25) is 11.8 Å². The molecule has 0 fully saturated rings. The van der Waals surface area contributed by atoms with E-state index < -0.39 is 29.9 Å². The van der Waals surface area contributed by atoms with Gasteiger partial charge in [0.05, 0.1) is 13.0 Å². The van der Waals surface area contributed by atoms with Crippen molar-refractivity contribution in [3.63, 3.8) is 0 Å². The Morgan fingerprint density at radius 2 is 1.67 bits per heavy atom.